The Morgan fingerprint density at radius 3 is 2.65 bits per heavy atom. The number of likely N-dealkylation sites (N-methyl/N-ethyl adjacent to an activating group) is 1. The fourth-order valence-corrected chi connectivity index (χ4v) is 3.37. The summed E-state index contributed by atoms with van der Waals surface area (Å²) in [6.07, 6.45) is 2.90. The van der Waals surface area contributed by atoms with Crippen LogP contribution in [0.2, 0.25) is 0 Å². The van der Waals surface area contributed by atoms with E-state index in [2.05, 4.69) is 21.7 Å². The van der Waals surface area contributed by atoms with Crippen molar-refractivity contribution in [3.05, 3.63) is 24.0 Å². The predicted octanol–water partition coefficient (Wildman–Crippen LogP) is -0.672. The van der Waals surface area contributed by atoms with Crippen LogP contribution >= 0.6 is 0 Å². The van der Waals surface area contributed by atoms with E-state index in [4.69, 9.17) is 5.73 Å². The lowest BCUT2D eigenvalue weighted by molar-refractivity contribution is 0.222. The SMILES string of the molecule is CN1CCN(S(=O)(=O)c2cncc(C#CCN)c2)CC1. The summed E-state index contributed by atoms with van der Waals surface area (Å²) in [5, 5.41) is 0. The monoisotopic (exact) mass is 294 g/mol. The Morgan fingerprint density at radius 2 is 2.00 bits per heavy atom. The summed E-state index contributed by atoms with van der Waals surface area (Å²) in [5.74, 6) is 5.49. The zero-order chi connectivity index (χ0) is 14.6. The maximum atomic E-state index is 12.5. The molecule has 108 valence electrons. The van der Waals surface area contributed by atoms with Crippen molar-refractivity contribution in [1.29, 1.82) is 0 Å². The van der Waals surface area contributed by atoms with E-state index in [-0.39, 0.29) is 11.4 Å². The van der Waals surface area contributed by atoms with Gasteiger partial charge in [-0.2, -0.15) is 4.31 Å². The number of sulfonamides is 1. The van der Waals surface area contributed by atoms with E-state index >= 15 is 0 Å². The Kier molecular flexibility index (Phi) is 4.73. The molecule has 0 aromatic carbocycles. The zero-order valence-electron chi connectivity index (χ0n) is 11.4. The highest BCUT2D eigenvalue weighted by Crippen LogP contribution is 2.17. The molecule has 2 heterocycles. The third kappa shape index (κ3) is 3.35. The van der Waals surface area contributed by atoms with Crippen molar-refractivity contribution in [2.24, 2.45) is 5.73 Å². The van der Waals surface area contributed by atoms with Gasteiger partial charge in [0, 0.05) is 44.1 Å². The largest absolute Gasteiger partial charge is 0.320 e. The smallest absolute Gasteiger partial charge is 0.244 e. The van der Waals surface area contributed by atoms with Crippen molar-refractivity contribution in [1.82, 2.24) is 14.2 Å². The molecule has 0 aliphatic carbocycles. The van der Waals surface area contributed by atoms with Gasteiger partial charge in [0.05, 0.1) is 6.54 Å². The van der Waals surface area contributed by atoms with Gasteiger partial charge in [-0.05, 0) is 13.1 Å². The molecule has 20 heavy (non-hydrogen) atoms. The second-order valence-electron chi connectivity index (χ2n) is 4.62. The Hall–Kier alpha value is -1.46. The minimum absolute atomic E-state index is 0.186. The van der Waals surface area contributed by atoms with Gasteiger partial charge < -0.3 is 10.6 Å². The second kappa shape index (κ2) is 6.33. The lowest BCUT2D eigenvalue weighted by Gasteiger charge is -2.31. The molecule has 6 nitrogen and oxygen atoms in total. The molecule has 1 aliphatic heterocycles. The van der Waals surface area contributed by atoms with Gasteiger partial charge in [-0.1, -0.05) is 11.8 Å². The number of hydrogen-bond donors (Lipinski definition) is 1. The highest BCUT2D eigenvalue weighted by Gasteiger charge is 2.27. The fraction of sp³-hybridized carbons (Fsp3) is 0.462. The van der Waals surface area contributed by atoms with E-state index < -0.39 is 10.0 Å². The number of piperazine rings is 1. The summed E-state index contributed by atoms with van der Waals surface area (Å²) >= 11 is 0. The van der Waals surface area contributed by atoms with Crippen molar-refractivity contribution >= 4 is 10.0 Å². The van der Waals surface area contributed by atoms with Crippen LogP contribution in [0.15, 0.2) is 23.4 Å². The molecule has 0 radical (unpaired) electrons. The van der Waals surface area contributed by atoms with E-state index in [1.807, 2.05) is 7.05 Å². The molecule has 1 saturated heterocycles. The van der Waals surface area contributed by atoms with Gasteiger partial charge >= 0.3 is 0 Å². The Bertz CT molecular complexity index is 625. The molecule has 7 heteroatoms. The molecule has 0 unspecified atom stereocenters. The van der Waals surface area contributed by atoms with Crippen LogP contribution in [0.4, 0.5) is 0 Å². The summed E-state index contributed by atoms with van der Waals surface area (Å²) in [5.41, 5.74) is 5.87. The van der Waals surface area contributed by atoms with Crippen LogP contribution in [0, 0.1) is 11.8 Å². The molecule has 1 fully saturated rings. The number of nitrogens with zero attached hydrogens (tertiary/aromatic N) is 3. The van der Waals surface area contributed by atoms with E-state index in [1.54, 1.807) is 6.07 Å². The summed E-state index contributed by atoms with van der Waals surface area (Å²) in [6, 6.07) is 1.54. The van der Waals surface area contributed by atoms with Gasteiger partial charge in [0.25, 0.3) is 0 Å². The van der Waals surface area contributed by atoms with Crippen LogP contribution in [-0.4, -0.2) is 62.4 Å². The average molecular weight is 294 g/mol. The highest BCUT2D eigenvalue weighted by atomic mass is 32.2. The van der Waals surface area contributed by atoms with Gasteiger partial charge in [0.1, 0.15) is 4.90 Å². The number of aromatic nitrogens is 1. The number of nitrogens with two attached hydrogens (primary N) is 1. The van der Waals surface area contributed by atoms with Crippen molar-refractivity contribution < 1.29 is 8.42 Å². The van der Waals surface area contributed by atoms with Crippen LogP contribution in [0.3, 0.4) is 0 Å². The van der Waals surface area contributed by atoms with Crippen LogP contribution in [0.5, 0.6) is 0 Å². The maximum absolute atomic E-state index is 12.5. The molecule has 2 rings (SSSR count). The molecule has 0 amide bonds. The summed E-state index contributed by atoms with van der Waals surface area (Å²) in [6.45, 7) is 2.70. The lowest BCUT2D eigenvalue weighted by Crippen LogP contribution is -2.47. The summed E-state index contributed by atoms with van der Waals surface area (Å²) in [4.78, 5) is 6.24. The molecule has 0 bridgehead atoms. The van der Waals surface area contributed by atoms with Crippen LogP contribution in [-0.2, 0) is 10.0 Å². The first-order chi connectivity index (χ1) is 9.54. The Balaban J connectivity index is 2.25. The molecule has 0 spiro atoms. The predicted molar refractivity (Wildman–Crippen MR) is 76.4 cm³/mol. The molecular weight excluding hydrogens is 276 g/mol. The van der Waals surface area contributed by atoms with E-state index in [0.717, 1.165) is 13.1 Å². The maximum Gasteiger partial charge on any atom is 0.244 e. The summed E-state index contributed by atoms with van der Waals surface area (Å²) in [7, 11) is -1.51. The van der Waals surface area contributed by atoms with Crippen LogP contribution in [0.1, 0.15) is 5.56 Å². The topological polar surface area (TPSA) is 79.5 Å². The van der Waals surface area contributed by atoms with Gasteiger partial charge in [0.15, 0.2) is 0 Å². The molecule has 0 atom stereocenters. The lowest BCUT2D eigenvalue weighted by atomic mass is 10.3. The van der Waals surface area contributed by atoms with Crippen molar-refractivity contribution in [2.75, 3.05) is 39.8 Å². The third-order valence-corrected chi connectivity index (χ3v) is 5.01. The minimum Gasteiger partial charge on any atom is -0.320 e. The molecule has 2 N–H and O–H groups in total. The first-order valence-electron chi connectivity index (χ1n) is 6.37. The van der Waals surface area contributed by atoms with Crippen molar-refractivity contribution in [2.45, 2.75) is 4.90 Å². The van der Waals surface area contributed by atoms with Gasteiger partial charge in [-0.25, -0.2) is 8.42 Å². The van der Waals surface area contributed by atoms with E-state index in [9.17, 15) is 8.42 Å². The van der Waals surface area contributed by atoms with Gasteiger partial charge in [-0.15, -0.1) is 0 Å². The molecular formula is C13H18N4O2S. The van der Waals surface area contributed by atoms with Gasteiger partial charge in [0.2, 0.25) is 10.0 Å². The quantitative estimate of drug-likeness (QED) is 0.732. The van der Waals surface area contributed by atoms with Crippen LogP contribution in [0.25, 0.3) is 0 Å². The fourth-order valence-electron chi connectivity index (χ4n) is 1.96. The van der Waals surface area contributed by atoms with E-state index in [0.29, 0.717) is 18.7 Å². The molecule has 1 aromatic heterocycles. The molecule has 0 saturated carbocycles. The van der Waals surface area contributed by atoms with E-state index in [1.165, 1.54) is 16.7 Å². The Morgan fingerprint density at radius 1 is 1.30 bits per heavy atom. The second-order valence-corrected chi connectivity index (χ2v) is 6.56. The average Bonchev–Trinajstić information content (AvgIpc) is 2.46. The molecule has 1 aromatic rings. The first-order valence-corrected chi connectivity index (χ1v) is 7.81. The van der Waals surface area contributed by atoms with Gasteiger partial charge in [-0.3, -0.25) is 4.98 Å². The first kappa shape index (κ1) is 14.9. The molecule has 1 aliphatic rings. The van der Waals surface area contributed by atoms with Crippen LogP contribution < -0.4 is 5.73 Å². The minimum atomic E-state index is -3.49. The van der Waals surface area contributed by atoms with Crippen molar-refractivity contribution in [3.8, 4) is 11.8 Å². The Labute approximate surface area is 119 Å². The summed E-state index contributed by atoms with van der Waals surface area (Å²) < 4.78 is 26.5. The number of rotatable bonds is 2. The standard InChI is InChI=1S/C13H18N4O2S/c1-16-5-7-17(8-6-16)20(18,19)13-9-12(3-2-4-14)10-15-11-13/h9-11H,4-8,14H2,1H3. The zero-order valence-corrected chi connectivity index (χ0v) is 12.2. The van der Waals surface area contributed by atoms with Crippen molar-refractivity contribution in [3.63, 3.8) is 0 Å². The highest BCUT2D eigenvalue weighted by molar-refractivity contribution is 7.89. The third-order valence-electron chi connectivity index (χ3n) is 3.15. The number of pyridine rings is 1. The number of hydrogen-bond acceptors (Lipinski definition) is 5. The normalized spacial score (nSPS) is 17.5.